The number of carboxylic acid groups (broad SMARTS) is 1. The summed E-state index contributed by atoms with van der Waals surface area (Å²) in [6.07, 6.45) is 0. The van der Waals surface area contributed by atoms with E-state index in [1.165, 1.54) is 19.4 Å². The Morgan fingerprint density at radius 2 is 2.16 bits per heavy atom. The van der Waals surface area contributed by atoms with E-state index in [0.29, 0.717) is 0 Å². The summed E-state index contributed by atoms with van der Waals surface area (Å²) in [6, 6.07) is 0. The molecule has 0 radical (unpaired) electrons. The first-order chi connectivity index (χ1) is 8.83. The Labute approximate surface area is 112 Å². The van der Waals surface area contributed by atoms with E-state index in [9.17, 15) is 13.2 Å². The molecule has 8 nitrogen and oxygen atoms in total. The summed E-state index contributed by atoms with van der Waals surface area (Å²) < 4.78 is 26.6. The highest BCUT2D eigenvalue weighted by molar-refractivity contribution is 7.93. The summed E-state index contributed by atoms with van der Waals surface area (Å²) >= 11 is 1.03. The van der Waals surface area contributed by atoms with Gasteiger partial charge in [0.2, 0.25) is 5.13 Å². The summed E-state index contributed by atoms with van der Waals surface area (Å²) in [5, 5.41) is 16.2. The van der Waals surface area contributed by atoms with Crippen molar-refractivity contribution in [1.29, 1.82) is 0 Å². The highest BCUT2D eigenvalue weighted by atomic mass is 32.2. The van der Waals surface area contributed by atoms with Gasteiger partial charge in [-0.05, 0) is 13.8 Å². The van der Waals surface area contributed by atoms with E-state index in [0.717, 1.165) is 11.3 Å². The van der Waals surface area contributed by atoms with Crippen molar-refractivity contribution >= 4 is 32.5 Å². The minimum Gasteiger partial charge on any atom is -0.477 e. The third-order valence-corrected chi connectivity index (χ3v) is 4.78. The van der Waals surface area contributed by atoms with Crippen molar-refractivity contribution in [3.05, 3.63) is 22.5 Å². The van der Waals surface area contributed by atoms with Crippen molar-refractivity contribution in [2.75, 3.05) is 4.72 Å². The summed E-state index contributed by atoms with van der Waals surface area (Å²) in [5.74, 6) is -1.21. The van der Waals surface area contributed by atoms with E-state index in [2.05, 4.69) is 19.9 Å². The van der Waals surface area contributed by atoms with Crippen LogP contribution in [-0.2, 0) is 10.0 Å². The van der Waals surface area contributed by atoms with Crippen LogP contribution in [0.5, 0.6) is 0 Å². The first kappa shape index (κ1) is 13.5. The number of rotatable bonds is 4. The molecule has 0 aliphatic rings. The predicted octanol–water partition coefficient (Wildman–Crippen LogP) is 0.982. The van der Waals surface area contributed by atoms with Crippen molar-refractivity contribution < 1.29 is 18.3 Å². The molecule has 102 valence electrons. The number of sulfonamides is 1. The number of H-pyrrole nitrogens is 1. The fourth-order valence-corrected chi connectivity index (χ4v) is 3.88. The van der Waals surface area contributed by atoms with Crippen LogP contribution in [-0.4, -0.2) is 34.7 Å². The number of nitrogens with one attached hydrogen (secondary N) is 2. The van der Waals surface area contributed by atoms with Crippen molar-refractivity contribution in [3.63, 3.8) is 0 Å². The Hall–Kier alpha value is -1.94. The van der Waals surface area contributed by atoms with Gasteiger partial charge in [-0.15, -0.1) is 10.2 Å². The van der Waals surface area contributed by atoms with Gasteiger partial charge in [0, 0.05) is 11.3 Å². The number of carbonyl (C=O) groups is 1. The van der Waals surface area contributed by atoms with Gasteiger partial charge < -0.3 is 10.1 Å². The molecule has 0 fully saturated rings. The highest BCUT2D eigenvalue weighted by Gasteiger charge is 2.27. The molecule has 0 saturated carbocycles. The van der Waals surface area contributed by atoms with Crippen molar-refractivity contribution in [1.82, 2.24) is 15.2 Å². The fourth-order valence-electron chi connectivity index (χ4n) is 1.73. The number of aryl methyl sites for hydroxylation is 1. The number of aromatic nitrogens is 3. The molecule has 0 saturated heterocycles. The Bertz CT molecular complexity index is 718. The summed E-state index contributed by atoms with van der Waals surface area (Å²) in [4.78, 5) is 13.4. The van der Waals surface area contributed by atoms with Gasteiger partial charge in [0.1, 0.15) is 16.1 Å². The lowest BCUT2D eigenvalue weighted by atomic mass is 10.2. The number of nitrogens with zero attached hydrogens (tertiary/aromatic N) is 2. The van der Waals surface area contributed by atoms with Crippen LogP contribution in [0.1, 0.15) is 21.7 Å². The Morgan fingerprint density at radius 3 is 2.63 bits per heavy atom. The number of hydrogen-bond donors (Lipinski definition) is 3. The third kappa shape index (κ3) is 2.44. The maximum atomic E-state index is 12.2. The highest BCUT2D eigenvalue weighted by Crippen LogP contribution is 2.25. The second-order valence-electron chi connectivity index (χ2n) is 3.73. The van der Waals surface area contributed by atoms with E-state index >= 15 is 0 Å². The van der Waals surface area contributed by atoms with E-state index in [4.69, 9.17) is 5.11 Å². The second-order valence-corrected chi connectivity index (χ2v) is 6.19. The van der Waals surface area contributed by atoms with E-state index < -0.39 is 16.0 Å². The van der Waals surface area contributed by atoms with Crippen molar-refractivity contribution in [2.24, 2.45) is 0 Å². The zero-order valence-electron chi connectivity index (χ0n) is 9.96. The molecular formula is C9H10N4O4S2. The standard InChI is InChI=1S/C9H10N4O4S2/c1-4-6(8(14)15)11-5(2)7(4)19(16,17)13-9-12-10-3-18-9/h3,11H,1-2H3,(H,12,13)(H,14,15). The third-order valence-electron chi connectivity index (χ3n) is 2.43. The second kappa shape index (κ2) is 4.63. The maximum absolute atomic E-state index is 12.2. The summed E-state index contributed by atoms with van der Waals surface area (Å²) in [6.45, 7) is 2.93. The molecule has 2 aromatic rings. The number of aromatic amines is 1. The molecule has 2 heterocycles. The zero-order valence-corrected chi connectivity index (χ0v) is 11.6. The minimum atomic E-state index is -3.89. The Kier molecular flexibility index (Phi) is 3.28. The fraction of sp³-hybridized carbons (Fsp3) is 0.222. The van der Waals surface area contributed by atoms with Crippen LogP contribution in [0, 0.1) is 13.8 Å². The largest absolute Gasteiger partial charge is 0.477 e. The molecule has 0 atom stereocenters. The van der Waals surface area contributed by atoms with Crippen LogP contribution in [0.4, 0.5) is 5.13 Å². The van der Waals surface area contributed by atoms with Crippen LogP contribution >= 0.6 is 11.3 Å². The van der Waals surface area contributed by atoms with Crippen LogP contribution in [0.3, 0.4) is 0 Å². The van der Waals surface area contributed by atoms with E-state index in [-0.39, 0.29) is 27.0 Å². The molecule has 0 amide bonds. The SMILES string of the molecule is Cc1[nH]c(C(=O)O)c(C)c1S(=O)(=O)Nc1nncs1. The number of carboxylic acids is 1. The van der Waals surface area contributed by atoms with Crippen molar-refractivity contribution in [3.8, 4) is 0 Å². The van der Waals surface area contributed by atoms with Gasteiger partial charge in [-0.1, -0.05) is 11.3 Å². The first-order valence-corrected chi connectivity index (χ1v) is 7.40. The molecule has 2 aromatic heterocycles. The Morgan fingerprint density at radius 1 is 1.47 bits per heavy atom. The van der Waals surface area contributed by atoms with Gasteiger partial charge in [-0.2, -0.15) is 0 Å². The van der Waals surface area contributed by atoms with Crippen LogP contribution in [0.25, 0.3) is 0 Å². The van der Waals surface area contributed by atoms with Crippen LogP contribution in [0.2, 0.25) is 0 Å². The average Bonchev–Trinajstić information content (AvgIpc) is 2.86. The summed E-state index contributed by atoms with van der Waals surface area (Å²) in [7, 11) is -3.89. The lowest BCUT2D eigenvalue weighted by Crippen LogP contribution is -2.14. The lowest BCUT2D eigenvalue weighted by Gasteiger charge is -2.05. The number of aromatic carboxylic acids is 1. The monoisotopic (exact) mass is 302 g/mol. The molecule has 0 aliphatic carbocycles. The molecule has 0 bridgehead atoms. The smallest absolute Gasteiger partial charge is 0.352 e. The van der Waals surface area contributed by atoms with Gasteiger partial charge in [-0.25, -0.2) is 13.2 Å². The normalized spacial score (nSPS) is 11.5. The quantitative estimate of drug-likeness (QED) is 0.773. The average molecular weight is 302 g/mol. The molecule has 19 heavy (non-hydrogen) atoms. The molecule has 0 spiro atoms. The van der Waals surface area contributed by atoms with Crippen LogP contribution < -0.4 is 4.72 Å². The van der Waals surface area contributed by atoms with Gasteiger partial charge in [-0.3, -0.25) is 4.72 Å². The zero-order chi connectivity index (χ0) is 14.2. The number of anilines is 1. The van der Waals surface area contributed by atoms with Gasteiger partial charge in [0.25, 0.3) is 10.0 Å². The van der Waals surface area contributed by atoms with Gasteiger partial charge in [0.05, 0.1) is 0 Å². The molecular weight excluding hydrogens is 292 g/mol. The first-order valence-electron chi connectivity index (χ1n) is 5.04. The van der Waals surface area contributed by atoms with Crippen LogP contribution in [0.15, 0.2) is 10.4 Å². The minimum absolute atomic E-state index is 0.0832. The molecule has 3 N–H and O–H groups in total. The van der Waals surface area contributed by atoms with Gasteiger partial charge >= 0.3 is 5.97 Å². The summed E-state index contributed by atoms with van der Waals surface area (Å²) in [5.41, 5.74) is 1.65. The predicted molar refractivity (Wildman–Crippen MR) is 67.9 cm³/mol. The Balaban J connectivity index is 2.49. The molecule has 10 heteroatoms. The molecule has 0 aliphatic heterocycles. The van der Waals surface area contributed by atoms with Crippen molar-refractivity contribution in [2.45, 2.75) is 18.7 Å². The topological polar surface area (TPSA) is 125 Å². The number of hydrogen-bond acceptors (Lipinski definition) is 6. The van der Waals surface area contributed by atoms with E-state index in [1.807, 2.05) is 0 Å². The molecule has 2 rings (SSSR count). The van der Waals surface area contributed by atoms with Gasteiger partial charge in [0.15, 0.2) is 0 Å². The maximum Gasteiger partial charge on any atom is 0.352 e. The molecule has 0 aromatic carbocycles. The lowest BCUT2D eigenvalue weighted by molar-refractivity contribution is 0.0690. The molecule has 0 unspecified atom stereocenters. The van der Waals surface area contributed by atoms with E-state index in [1.54, 1.807) is 0 Å².